The van der Waals surface area contributed by atoms with Crippen LogP contribution in [0.1, 0.15) is 18.9 Å². The summed E-state index contributed by atoms with van der Waals surface area (Å²) in [6.07, 6.45) is 6.03. The third-order valence-corrected chi connectivity index (χ3v) is 2.73. The van der Waals surface area contributed by atoms with Gasteiger partial charge in [-0.1, -0.05) is 35.4 Å². The van der Waals surface area contributed by atoms with Gasteiger partial charge in [-0.05, 0) is 31.6 Å². The Bertz CT molecular complexity index is 480. The van der Waals surface area contributed by atoms with Crippen molar-refractivity contribution in [3.63, 3.8) is 0 Å². The minimum Gasteiger partial charge on any atom is -0.389 e. The molecule has 0 spiro atoms. The van der Waals surface area contributed by atoms with Crippen LogP contribution in [-0.2, 0) is 0 Å². The van der Waals surface area contributed by atoms with Crippen LogP contribution in [0.2, 0.25) is 0 Å². The van der Waals surface area contributed by atoms with Gasteiger partial charge in [-0.25, -0.2) is 0 Å². The molecule has 1 aromatic carbocycles. The number of aliphatic hydroxyl groups is 1. The molecule has 0 amide bonds. The summed E-state index contributed by atoms with van der Waals surface area (Å²) in [4.78, 5) is 4.41. The molecule has 0 saturated carbocycles. The van der Waals surface area contributed by atoms with Gasteiger partial charge in [0.2, 0.25) is 0 Å². The van der Waals surface area contributed by atoms with E-state index in [0.717, 1.165) is 16.8 Å². The molecule has 1 unspecified atom stereocenters. The van der Waals surface area contributed by atoms with Gasteiger partial charge < -0.3 is 5.11 Å². The van der Waals surface area contributed by atoms with Crippen LogP contribution in [0.15, 0.2) is 52.6 Å². The number of aliphatic imine (C=N–C) groups is 1. The highest BCUT2D eigenvalue weighted by Gasteiger charge is 2.08. The quantitative estimate of drug-likeness (QED) is 0.772. The maximum absolute atomic E-state index is 9.60. The lowest BCUT2D eigenvalue weighted by molar-refractivity contribution is 0.223. The molecular formula is C15H17NO. The fourth-order valence-corrected chi connectivity index (χ4v) is 1.88. The predicted molar refractivity (Wildman–Crippen MR) is 71.8 cm³/mol. The third-order valence-electron chi connectivity index (χ3n) is 2.73. The molecule has 0 fully saturated rings. The van der Waals surface area contributed by atoms with E-state index in [4.69, 9.17) is 0 Å². The lowest BCUT2D eigenvalue weighted by Crippen LogP contribution is -2.09. The zero-order valence-corrected chi connectivity index (χ0v) is 10.2. The summed E-state index contributed by atoms with van der Waals surface area (Å²) in [7, 11) is 0. The van der Waals surface area contributed by atoms with E-state index < -0.39 is 0 Å². The van der Waals surface area contributed by atoms with E-state index in [1.807, 2.05) is 43.5 Å². The first-order chi connectivity index (χ1) is 8.13. The first kappa shape index (κ1) is 11.8. The minimum absolute atomic E-state index is 0.375. The van der Waals surface area contributed by atoms with Crippen LogP contribution in [0.25, 0.3) is 0 Å². The molecular weight excluding hydrogens is 210 g/mol. The van der Waals surface area contributed by atoms with Crippen molar-refractivity contribution >= 4 is 11.9 Å². The number of nitrogens with zero attached hydrogens (tertiary/aromatic N) is 1. The van der Waals surface area contributed by atoms with Gasteiger partial charge in [0, 0.05) is 12.6 Å². The second-order valence-corrected chi connectivity index (χ2v) is 4.50. The molecule has 1 aliphatic carbocycles. The lowest BCUT2D eigenvalue weighted by atomic mass is 9.99. The van der Waals surface area contributed by atoms with Crippen LogP contribution in [0, 0.1) is 6.92 Å². The van der Waals surface area contributed by atoms with Crippen molar-refractivity contribution in [1.82, 2.24) is 0 Å². The molecule has 2 heteroatoms. The van der Waals surface area contributed by atoms with Gasteiger partial charge >= 0.3 is 0 Å². The van der Waals surface area contributed by atoms with Crippen molar-refractivity contribution in [2.45, 2.75) is 26.4 Å². The standard InChI is InChI=1S/C15H17NO/c1-11-3-5-14(6-4-11)16-10-13-7-12(2)8-15(17)9-13/h3-8,10,15,17H,9H2,1-2H3/b16-10+. The van der Waals surface area contributed by atoms with E-state index in [-0.39, 0.29) is 6.10 Å². The average Bonchev–Trinajstić information content (AvgIpc) is 2.27. The number of allylic oxidation sites excluding steroid dienone is 2. The van der Waals surface area contributed by atoms with E-state index in [9.17, 15) is 5.11 Å². The molecule has 1 aliphatic rings. The Kier molecular flexibility index (Phi) is 3.55. The van der Waals surface area contributed by atoms with Crippen molar-refractivity contribution in [1.29, 1.82) is 0 Å². The Hall–Kier alpha value is -1.67. The molecule has 1 atom stereocenters. The molecule has 0 aliphatic heterocycles. The Morgan fingerprint density at radius 2 is 1.94 bits per heavy atom. The van der Waals surface area contributed by atoms with Crippen LogP contribution in [0.5, 0.6) is 0 Å². The van der Waals surface area contributed by atoms with Crippen molar-refractivity contribution in [2.75, 3.05) is 0 Å². The Morgan fingerprint density at radius 1 is 1.24 bits per heavy atom. The fourth-order valence-electron chi connectivity index (χ4n) is 1.88. The van der Waals surface area contributed by atoms with Crippen molar-refractivity contribution in [3.05, 3.63) is 53.1 Å². The van der Waals surface area contributed by atoms with Gasteiger partial charge in [0.1, 0.15) is 0 Å². The second kappa shape index (κ2) is 5.11. The van der Waals surface area contributed by atoms with Crippen LogP contribution >= 0.6 is 0 Å². The molecule has 0 radical (unpaired) electrons. The zero-order valence-electron chi connectivity index (χ0n) is 10.2. The maximum Gasteiger partial charge on any atom is 0.0767 e. The summed E-state index contributed by atoms with van der Waals surface area (Å²) in [6, 6.07) is 8.08. The average molecular weight is 227 g/mol. The molecule has 0 bridgehead atoms. The molecule has 17 heavy (non-hydrogen) atoms. The molecule has 88 valence electrons. The summed E-state index contributed by atoms with van der Waals surface area (Å²) < 4.78 is 0. The van der Waals surface area contributed by atoms with E-state index in [2.05, 4.69) is 18.0 Å². The summed E-state index contributed by atoms with van der Waals surface area (Å²) in [6.45, 7) is 4.05. The lowest BCUT2D eigenvalue weighted by Gasteiger charge is -2.13. The van der Waals surface area contributed by atoms with Crippen LogP contribution in [0.4, 0.5) is 5.69 Å². The van der Waals surface area contributed by atoms with Gasteiger partial charge in [-0.15, -0.1) is 0 Å². The maximum atomic E-state index is 9.60. The number of rotatable bonds is 2. The molecule has 1 aromatic rings. The van der Waals surface area contributed by atoms with Crippen molar-refractivity contribution < 1.29 is 5.11 Å². The molecule has 0 saturated heterocycles. The Labute approximate surface area is 102 Å². The third kappa shape index (κ3) is 3.40. The fraction of sp³-hybridized carbons (Fsp3) is 0.267. The first-order valence-electron chi connectivity index (χ1n) is 5.81. The zero-order chi connectivity index (χ0) is 12.3. The van der Waals surface area contributed by atoms with E-state index in [1.165, 1.54) is 5.56 Å². The van der Waals surface area contributed by atoms with Crippen LogP contribution in [0.3, 0.4) is 0 Å². The second-order valence-electron chi connectivity index (χ2n) is 4.50. The van der Waals surface area contributed by atoms with E-state index in [1.54, 1.807) is 0 Å². The highest BCUT2D eigenvalue weighted by atomic mass is 16.3. The molecule has 2 rings (SSSR count). The SMILES string of the molecule is CC1=CC(O)CC(/C=N/c2ccc(C)cc2)=C1. The largest absolute Gasteiger partial charge is 0.389 e. The van der Waals surface area contributed by atoms with Gasteiger partial charge in [0.15, 0.2) is 0 Å². The smallest absolute Gasteiger partial charge is 0.0767 e. The summed E-state index contributed by atoms with van der Waals surface area (Å²) >= 11 is 0. The number of hydrogen-bond acceptors (Lipinski definition) is 2. The topological polar surface area (TPSA) is 32.6 Å². The van der Waals surface area contributed by atoms with Crippen molar-refractivity contribution in [2.24, 2.45) is 4.99 Å². The summed E-state index contributed by atoms with van der Waals surface area (Å²) in [5.74, 6) is 0. The van der Waals surface area contributed by atoms with Crippen LogP contribution in [-0.4, -0.2) is 17.4 Å². The number of aliphatic hydroxyl groups excluding tert-OH is 1. The number of aryl methyl sites for hydroxylation is 1. The van der Waals surface area contributed by atoms with E-state index >= 15 is 0 Å². The predicted octanol–water partition coefficient (Wildman–Crippen LogP) is 3.33. The molecule has 1 N–H and O–H groups in total. The van der Waals surface area contributed by atoms with Gasteiger partial charge in [-0.3, -0.25) is 4.99 Å². The van der Waals surface area contributed by atoms with Gasteiger partial charge in [-0.2, -0.15) is 0 Å². The number of benzene rings is 1. The summed E-state index contributed by atoms with van der Waals surface area (Å²) in [5.41, 5.74) is 4.33. The summed E-state index contributed by atoms with van der Waals surface area (Å²) in [5, 5.41) is 9.60. The number of hydrogen-bond donors (Lipinski definition) is 1. The molecule has 2 nitrogen and oxygen atoms in total. The van der Waals surface area contributed by atoms with Gasteiger partial charge in [0.05, 0.1) is 11.8 Å². The normalized spacial score (nSPS) is 20.3. The monoisotopic (exact) mass is 227 g/mol. The highest BCUT2D eigenvalue weighted by Crippen LogP contribution is 2.18. The van der Waals surface area contributed by atoms with Crippen LogP contribution < -0.4 is 0 Å². The molecule has 0 aromatic heterocycles. The first-order valence-corrected chi connectivity index (χ1v) is 5.81. The minimum atomic E-state index is -0.375. The Balaban J connectivity index is 2.11. The Morgan fingerprint density at radius 3 is 2.59 bits per heavy atom. The van der Waals surface area contributed by atoms with Crippen molar-refractivity contribution in [3.8, 4) is 0 Å². The highest BCUT2D eigenvalue weighted by molar-refractivity contribution is 5.82. The van der Waals surface area contributed by atoms with E-state index in [0.29, 0.717) is 6.42 Å². The molecule has 0 heterocycles. The van der Waals surface area contributed by atoms with Gasteiger partial charge in [0.25, 0.3) is 0 Å².